The van der Waals surface area contributed by atoms with Crippen molar-refractivity contribution in [2.75, 3.05) is 96.5 Å². The molecule has 0 spiro atoms. The van der Waals surface area contributed by atoms with Crippen molar-refractivity contribution in [2.24, 2.45) is 22.1 Å². The number of amides is 2. The number of anilines is 6. The molecule has 0 radical (unpaired) electrons. The molecule has 0 saturated heterocycles. The van der Waals surface area contributed by atoms with Gasteiger partial charge in [-0.05, 0) is 112 Å². The van der Waals surface area contributed by atoms with Crippen LogP contribution >= 0.6 is 0 Å². The second kappa shape index (κ2) is 51.2. The number of azo groups is 1. The second-order valence-electron chi connectivity index (χ2n) is 25.6. The number of carbonyl (C=O) groups is 2. The molecule has 92 heavy (non-hydrogen) atoms. The van der Waals surface area contributed by atoms with Gasteiger partial charge in [-0.2, -0.15) is 40.1 Å². The first-order valence-electron chi connectivity index (χ1n) is 37.3. The van der Waals surface area contributed by atoms with Gasteiger partial charge in [0.25, 0.3) is 11.8 Å². The molecule has 2 aromatic heterocycles. The van der Waals surface area contributed by atoms with E-state index in [1.807, 2.05) is 0 Å². The Kier molecular flexibility index (Phi) is 43.6. The van der Waals surface area contributed by atoms with Crippen molar-refractivity contribution in [3.8, 4) is 0 Å². The Hall–Kier alpha value is -6.20. The average Bonchev–Trinajstić information content (AvgIpc) is 0.987. The van der Waals surface area contributed by atoms with E-state index in [9.17, 15) is 9.59 Å². The van der Waals surface area contributed by atoms with E-state index in [0.717, 1.165) is 89.7 Å². The predicted octanol–water partition coefficient (Wildman–Crippen LogP) is 19.2. The fourth-order valence-electron chi connectivity index (χ4n) is 11.3. The lowest BCUT2D eigenvalue weighted by Crippen LogP contribution is -2.29. The van der Waals surface area contributed by atoms with Crippen LogP contribution in [0.4, 0.5) is 47.1 Å². The molecule has 18 nitrogen and oxygen atoms in total. The summed E-state index contributed by atoms with van der Waals surface area (Å²) >= 11 is 0. The lowest BCUT2D eigenvalue weighted by Gasteiger charge is -2.24. The van der Waals surface area contributed by atoms with Crippen LogP contribution in [-0.4, -0.2) is 107 Å². The maximum atomic E-state index is 13.3. The molecule has 0 fully saturated rings. The summed E-state index contributed by atoms with van der Waals surface area (Å²) in [6.07, 6.45) is 40.6. The van der Waals surface area contributed by atoms with Gasteiger partial charge in [0.05, 0.1) is 11.4 Å². The molecule has 2 amide bonds. The summed E-state index contributed by atoms with van der Waals surface area (Å²) in [4.78, 5) is 61.1. The van der Waals surface area contributed by atoms with Crippen molar-refractivity contribution in [1.82, 2.24) is 40.5 Å². The van der Waals surface area contributed by atoms with Crippen molar-refractivity contribution >= 4 is 58.9 Å². The summed E-state index contributed by atoms with van der Waals surface area (Å²) in [6, 6.07) is 14.2. The van der Waals surface area contributed by atoms with Gasteiger partial charge in [-0.3, -0.25) is 9.59 Å². The summed E-state index contributed by atoms with van der Waals surface area (Å²) in [7, 11) is 0. The van der Waals surface area contributed by atoms with Crippen molar-refractivity contribution in [3.05, 3.63) is 59.7 Å². The highest BCUT2D eigenvalue weighted by Gasteiger charge is 2.18. The fourth-order valence-corrected chi connectivity index (χ4v) is 11.3. The number of nitrogens with one attached hydrogen (secondary N) is 6. The third-order valence-corrected chi connectivity index (χ3v) is 17.5. The molecule has 0 bridgehead atoms. The van der Waals surface area contributed by atoms with Gasteiger partial charge in [0.1, 0.15) is 0 Å². The van der Waals surface area contributed by atoms with E-state index in [1.54, 1.807) is 48.5 Å². The molecule has 516 valence electrons. The van der Waals surface area contributed by atoms with Crippen LogP contribution in [0.3, 0.4) is 0 Å². The van der Waals surface area contributed by atoms with Crippen molar-refractivity contribution in [3.63, 3.8) is 0 Å². The summed E-state index contributed by atoms with van der Waals surface area (Å²) in [5.74, 6) is 4.67. The minimum absolute atomic E-state index is 0.155. The van der Waals surface area contributed by atoms with Crippen LogP contribution < -0.4 is 41.7 Å². The number of carbonyl (C=O) groups excluding carboxylic acids is 2. The van der Waals surface area contributed by atoms with Gasteiger partial charge < -0.3 is 41.7 Å². The molecular weight excluding hydrogens is 1140 g/mol. The molecule has 4 rings (SSSR count). The van der Waals surface area contributed by atoms with Gasteiger partial charge in [-0.15, -0.1) is 0 Å². The van der Waals surface area contributed by atoms with Crippen LogP contribution in [0, 0.1) is 11.8 Å². The monoisotopic (exact) mass is 1270 g/mol. The lowest BCUT2D eigenvalue weighted by atomic mass is 9.99. The fraction of sp³-hybridized carbons (Fsp3) is 0.730. The van der Waals surface area contributed by atoms with Crippen molar-refractivity contribution in [1.29, 1.82) is 0 Å². The summed E-state index contributed by atoms with van der Waals surface area (Å²) < 4.78 is 0. The first-order chi connectivity index (χ1) is 45.2. The Bertz CT molecular complexity index is 2310. The van der Waals surface area contributed by atoms with Crippen LogP contribution in [-0.2, 0) is 0 Å². The molecular formula is C74H128N16O2. The number of hydrogen-bond acceptors (Lipinski definition) is 16. The molecule has 0 aliphatic carbocycles. The van der Waals surface area contributed by atoms with Gasteiger partial charge >= 0.3 is 0 Å². The third-order valence-electron chi connectivity index (χ3n) is 17.5. The zero-order valence-electron chi connectivity index (χ0n) is 59.2. The number of benzene rings is 2. The van der Waals surface area contributed by atoms with Gasteiger partial charge in [0, 0.05) is 76.6 Å². The minimum atomic E-state index is -0.155. The van der Waals surface area contributed by atoms with Gasteiger partial charge in [0.15, 0.2) is 0 Å². The van der Waals surface area contributed by atoms with Crippen LogP contribution in [0.1, 0.15) is 294 Å². The Morgan fingerprint density at radius 2 is 0.641 bits per heavy atom. The number of hydrogen-bond donors (Lipinski definition) is 6. The van der Waals surface area contributed by atoms with E-state index in [1.165, 1.54) is 167 Å². The third kappa shape index (κ3) is 34.6. The quantitative estimate of drug-likeness (QED) is 0.0179. The number of nitrogens with zero attached hydrogens (tertiary/aromatic N) is 10. The maximum Gasteiger partial charge on any atom is 0.251 e. The molecule has 18 heteroatoms. The first-order valence-corrected chi connectivity index (χ1v) is 37.3. The van der Waals surface area contributed by atoms with Crippen LogP contribution in [0.25, 0.3) is 0 Å². The van der Waals surface area contributed by atoms with Gasteiger partial charge in [0.2, 0.25) is 35.7 Å². The van der Waals surface area contributed by atoms with E-state index >= 15 is 0 Å². The zero-order chi connectivity index (χ0) is 65.9. The van der Waals surface area contributed by atoms with E-state index < -0.39 is 0 Å². The molecule has 0 aliphatic rings. The standard InChI is InChI=1S/C74H128N16O2/c1-9-17-23-27-31-35-55-89(56-36-32-28-24-18-10-2)73-83-69(81-71(85-73)79-59-61(15-7)41-21-13-5)77-53-39-51-75-67(91)63-43-47-65(48-44-63)87-88-66-49-45-64(46-50-66)68(92)76-52-40-54-78-70-82-72(80-60-62(16-8)42-22-14-6)86-74(84-70)90(57-37-33-29-25-19-11-3)58-38-34-30-26-20-12-4/h43-50,61-62H,9-42,51-60H2,1-8H3,(H,75,91)(H,76,92)(H2,77,79,81,83,85)(H2,78,80,82,84,86). The maximum absolute atomic E-state index is 13.3. The number of aromatic nitrogens is 6. The second-order valence-corrected chi connectivity index (χ2v) is 25.6. The van der Waals surface area contributed by atoms with Crippen molar-refractivity contribution < 1.29 is 9.59 Å². The largest absolute Gasteiger partial charge is 0.354 e. The summed E-state index contributed by atoms with van der Waals surface area (Å²) in [5.41, 5.74) is 2.31. The lowest BCUT2D eigenvalue weighted by molar-refractivity contribution is 0.0945. The van der Waals surface area contributed by atoms with E-state index in [0.29, 0.717) is 97.2 Å². The SMILES string of the molecule is CCCCCCCCN(CCCCCCCC)c1nc(NCCCNC(=O)c2ccc(N=Nc3ccc(C(=O)NCCCNc4nc(NCC(CC)CCCC)nc(N(CCCCCCCC)CCCCCCCC)n4)cc3)cc2)nc(NCC(CC)CCCC)n1. The highest BCUT2D eigenvalue weighted by atomic mass is 16.2. The van der Waals surface area contributed by atoms with Crippen LogP contribution in [0.5, 0.6) is 0 Å². The molecule has 2 atom stereocenters. The zero-order valence-corrected chi connectivity index (χ0v) is 59.2. The molecule has 2 aromatic carbocycles. The number of unbranched alkanes of at least 4 members (excludes halogenated alkanes) is 22. The molecule has 0 saturated carbocycles. The first kappa shape index (κ1) is 78.2. The van der Waals surface area contributed by atoms with E-state index in [2.05, 4.69) is 107 Å². The Labute approximate surface area is 558 Å². The van der Waals surface area contributed by atoms with E-state index in [-0.39, 0.29) is 11.8 Å². The summed E-state index contributed by atoms with van der Waals surface area (Å²) in [5, 5.41) is 29.1. The minimum Gasteiger partial charge on any atom is -0.354 e. The highest BCUT2D eigenvalue weighted by molar-refractivity contribution is 5.95. The van der Waals surface area contributed by atoms with Crippen LogP contribution in [0.15, 0.2) is 58.8 Å². The predicted molar refractivity (Wildman–Crippen MR) is 389 cm³/mol. The topological polar surface area (TPSA) is 215 Å². The molecule has 2 unspecified atom stereocenters. The van der Waals surface area contributed by atoms with Crippen molar-refractivity contribution in [2.45, 2.75) is 274 Å². The average molecular weight is 1270 g/mol. The Morgan fingerprint density at radius 1 is 0.348 bits per heavy atom. The highest BCUT2D eigenvalue weighted by Crippen LogP contribution is 2.24. The molecule has 0 aliphatic heterocycles. The Morgan fingerprint density at radius 3 is 0.946 bits per heavy atom. The molecule has 2 heterocycles. The van der Waals surface area contributed by atoms with E-state index in [4.69, 9.17) is 29.9 Å². The molecule has 4 aromatic rings. The normalized spacial score (nSPS) is 12.0. The van der Waals surface area contributed by atoms with Gasteiger partial charge in [-0.1, -0.05) is 222 Å². The van der Waals surface area contributed by atoms with Crippen LogP contribution in [0.2, 0.25) is 0 Å². The molecule has 6 N–H and O–H groups in total. The number of rotatable bonds is 58. The Balaban J connectivity index is 1.28. The summed E-state index contributed by atoms with van der Waals surface area (Å²) in [6.45, 7) is 25.7. The van der Waals surface area contributed by atoms with Gasteiger partial charge in [-0.25, -0.2) is 0 Å². The smallest absolute Gasteiger partial charge is 0.251 e.